The van der Waals surface area contributed by atoms with Gasteiger partial charge in [-0.3, -0.25) is 14.9 Å². The van der Waals surface area contributed by atoms with Crippen LogP contribution in [-0.2, 0) is 0 Å². The molecule has 0 saturated heterocycles. The standard InChI is InChI=1S/C22H19NO5/c24-20(16-7-3-1-4-8-16)14-18(15-23(26)27)17-11-12-22(21(25)13-17)28-19-9-5-2-6-10-19/h1-13,18,25H,14-15H2. The van der Waals surface area contributed by atoms with Crippen molar-refractivity contribution in [1.29, 1.82) is 0 Å². The zero-order valence-corrected chi connectivity index (χ0v) is 15.0. The van der Waals surface area contributed by atoms with Gasteiger partial charge < -0.3 is 9.84 Å². The summed E-state index contributed by atoms with van der Waals surface area (Å²) in [7, 11) is 0. The van der Waals surface area contributed by atoms with Crippen LogP contribution in [0.2, 0.25) is 0 Å². The van der Waals surface area contributed by atoms with Gasteiger partial charge in [0.15, 0.2) is 17.3 Å². The van der Waals surface area contributed by atoms with E-state index >= 15 is 0 Å². The Balaban J connectivity index is 1.81. The summed E-state index contributed by atoms with van der Waals surface area (Å²) in [4.78, 5) is 23.1. The number of hydrogen-bond donors (Lipinski definition) is 1. The van der Waals surface area contributed by atoms with Gasteiger partial charge in [-0.1, -0.05) is 54.6 Å². The molecule has 0 fully saturated rings. The average molecular weight is 377 g/mol. The molecule has 0 aliphatic rings. The molecule has 1 unspecified atom stereocenters. The highest BCUT2D eigenvalue weighted by Crippen LogP contribution is 2.34. The quantitative estimate of drug-likeness (QED) is 0.345. The molecule has 142 valence electrons. The maximum atomic E-state index is 12.5. The number of hydrogen-bond acceptors (Lipinski definition) is 5. The molecule has 1 atom stereocenters. The van der Waals surface area contributed by atoms with Crippen LogP contribution in [0.5, 0.6) is 17.2 Å². The number of carbonyl (C=O) groups is 1. The molecule has 0 aliphatic heterocycles. The van der Waals surface area contributed by atoms with Crippen LogP contribution in [0.3, 0.4) is 0 Å². The Bertz CT molecular complexity index is 957. The van der Waals surface area contributed by atoms with E-state index in [1.54, 1.807) is 54.6 Å². The number of ether oxygens (including phenoxy) is 1. The number of aromatic hydroxyl groups is 1. The molecule has 0 amide bonds. The van der Waals surface area contributed by atoms with Crippen molar-refractivity contribution in [3.63, 3.8) is 0 Å². The highest BCUT2D eigenvalue weighted by Gasteiger charge is 2.23. The van der Waals surface area contributed by atoms with Crippen LogP contribution in [0, 0.1) is 10.1 Å². The number of nitrogens with zero attached hydrogens (tertiary/aromatic N) is 1. The molecule has 3 aromatic rings. The van der Waals surface area contributed by atoms with Crippen LogP contribution in [0.4, 0.5) is 0 Å². The van der Waals surface area contributed by atoms with E-state index < -0.39 is 17.4 Å². The van der Waals surface area contributed by atoms with Gasteiger partial charge in [-0.05, 0) is 29.8 Å². The Morgan fingerprint density at radius 2 is 1.64 bits per heavy atom. The molecule has 28 heavy (non-hydrogen) atoms. The molecule has 0 saturated carbocycles. The minimum atomic E-state index is -0.653. The average Bonchev–Trinajstić information content (AvgIpc) is 2.70. The first-order chi connectivity index (χ1) is 13.5. The number of carbonyl (C=O) groups excluding carboxylic acids is 1. The van der Waals surface area contributed by atoms with E-state index in [0.29, 0.717) is 16.9 Å². The smallest absolute Gasteiger partial charge is 0.211 e. The van der Waals surface area contributed by atoms with E-state index in [1.165, 1.54) is 6.07 Å². The summed E-state index contributed by atoms with van der Waals surface area (Å²) in [6, 6.07) is 22.2. The molecule has 6 heteroatoms. The fourth-order valence-corrected chi connectivity index (χ4v) is 2.92. The van der Waals surface area contributed by atoms with Gasteiger partial charge in [0, 0.05) is 16.9 Å². The second-order valence-corrected chi connectivity index (χ2v) is 6.35. The highest BCUT2D eigenvalue weighted by atomic mass is 16.6. The first kappa shape index (κ1) is 19.1. The minimum Gasteiger partial charge on any atom is -0.504 e. The lowest BCUT2D eigenvalue weighted by Crippen LogP contribution is -2.16. The number of phenolic OH excluding ortho intramolecular Hbond substituents is 1. The van der Waals surface area contributed by atoms with E-state index in [9.17, 15) is 20.0 Å². The van der Waals surface area contributed by atoms with Crippen LogP contribution < -0.4 is 4.74 Å². The summed E-state index contributed by atoms with van der Waals surface area (Å²) < 4.78 is 5.62. The molecule has 3 rings (SSSR count). The predicted molar refractivity (Wildman–Crippen MR) is 105 cm³/mol. The fourth-order valence-electron chi connectivity index (χ4n) is 2.92. The Hall–Kier alpha value is -3.67. The second-order valence-electron chi connectivity index (χ2n) is 6.35. The molecule has 0 aliphatic carbocycles. The van der Waals surface area contributed by atoms with E-state index in [4.69, 9.17) is 4.74 Å². The van der Waals surface area contributed by atoms with Gasteiger partial charge in [0.25, 0.3) is 0 Å². The summed E-state index contributed by atoms with van der Waals surface area (Å²) in [6.45, 7) is -0.406. The Kier molecular flexibility index (Phi) is 6.01. The highest BCUT2D eigenvalue weighted by molar-refractivity contribution is 5.96. The first-order valence-electron chi connectivity index (χ1n) is 8.79. The van der Waals surface area contributed by atoms with Gasteiger partial charge in [-0.25, -0.2) is 0 Å². The van der Waals surface area contributed by atoms with E-state index in [2.05, 4.69) is 0 Å². The maximum Gasteiger partial charge on any atom is 0.211 e. The Labute approximate surface area is 162 Å². The predicted octanol–water partition coefficient (Wildman–Crippen LogP) is 4.82. The number of phenols is 1. The number of para-hydroxylation sites is 1. The summed E-state index contributed by atoms with van der Waals surface area (Å²) >= 11 is 0. The van der Waals surface area contributed by atoms with Crippen LogP contribution >= 0.6 is 0 Å². The normalized spacial score (nSPS) is 11.6. The SMILES string of the molecule is O=C(CC(C[N+](=O)[O-])c1ccc(Oc2ccccc2)c(O)c1)c1ccccc1. The lowest BCUT2D eigenvalue weighted by atomic mass is 9.91. The van der Waals surface area contributed by atoms with Crippen molar-refractivity contribution in [3.8, 4) is 17.2 Å². The van der Waals surface area contributed by atoms with Gasteiger partial charge in [-0.2, -0.15) is 0 Å². The van der Waals surface area contributed by atoms with Gasteiger partial charge in [0.1, 0.15) is 5.75 Å². The summed E-state index contributed by atoms with van der Waals surface area (Å²) in [5.74, 6) is -0.173. The molecule has 0 aromatic heterocycles. The van der Waals surface area contributed by atoms with Gasteiger partial charge in [0.05, 0.1) is 5.92 Å². The third-order valence-electron chi connectivity index (χ3n) is 4.32. The third-order valence-corrected chi connectivity index (χ3v) is 4.32. The molecule has 0 radical (unpaired) electrons. The molecule has 6 nitrogen and oxygen atoms in total. The molecule has 0 heterocycles. The van der Waals surface area contributed by atoms with Gasteiger partial charge in [0.2, 0.25) is 6.54 Å². The van der Waals surface area contributed by atoms with Gasteiger partial charge in [-0.15, -0.1) is 0 Å². The van der Waals surface area contributed by atoms with Crippen molar-refractivity contribution >= 4 is 5.78 Å². The topological polar surface area (TPSA) is 89.7 Å². The van der Waals surface area contributed by atoms with Crippen molar-refractivity contribution in [1.82, 2.24) is 0 Å². The Morgan fingerprint density at radius 1 is 1.00 bits per heavy atom. The van der Waals surface area contributed by atoms with Crippen molar-refractivity contribution in [3.05, 3.63) is 100 Å². The molecule has 0 bridgehead atoms. The van der Waals surface area contributed by atoms with Gasteiger partial charge >= 0.3 is 0 Å². The second kappa shape index (κ2) is 8.81. The number of rotatable bonds is 8. The summed E-state index contributed by atoms with van der Waals surface area (Å²) in [5.41, 5.74) is 1.02. The van der Waals surface area contributed by atoms with Crippen LogP contribution in [0.15, 0.2) is 78.9 Å². The van der Waals surface area contributed by atoms with Crippen LogP contribution in [0.25, 0.3) is 0 Å². The van der Waals surface area contributed by atoms with Crippen molar-refractivity contribution < 1.29 is 19.6 Å². The lowest BCUT2D eigenvalue weighted by Gasteiger charge is -2.15. The molecular formula is C22H19NO5. The molecule has 3 aromatic carbocycles. The summed E-state index contributed by atoms with van der Waals surface area (Å²) in [6.07, 6.45) is -0.0245. The van der Waals surface area contributed by atoms with Crippen LogP contribution in [-0.4, -0.2) is 22.4 Å². The monoisotopic (exact) mass is 377 g/mol. The fraction of sp³-hybridized carbons (Fsp3) is 0.136. The largest absolute Gasteiger partial charge is 0.504 e. The molecule has 1 N–H and O–H groups in total. The number of Topliss-reactive ketones (excluding diaryl/α,β-unsaturated/α-hetero) is 1. The zero-order chi connectivity index (χ0) is 19.9. The number of nitro groups is 1. The minimum absolute atomic E-state index is 0.0245. The molecule has 0 spiro atoms. The third kappa shape index (κ3) is 4.94. The van der Waals surface area contributed by atoms with Crippen LogP contribution in [0.1, 0.15) is 28.3 Å². The van der Waals surface area contributed by atoms with E-state index in [1.807, 2.05) is 18.2 Å². The van der Waals surface area contributed by atoms with Crippen molar-refractivity contribution in [2.45, 2.75) is 12.3 Å². The lowest BCUT2D eigenvalue weighted by molar-refractivity contribution is -0.483. The zero-order valence-electron chi connectivity index (χ0n) is 15.0. The van der Waals surface area contributed by atoms with Crippen molar-refractivity contribution in [2.24, 2.45) is 0 Å². The number of benzene rings is 3. The maximum absolute atomic E-state index is 12.5. The Morgan fingerprint density at radius 3 is 2.25 bits per heavy atom. The number of ketones is 1. The van der Waals surface area contributed by atoms with Crippen molar-refractivity contribution in [2.75, 3.05) is 6.54 Å². The van der Waals surface area contributed by atoms with E-state index in [0.717, 1.165) is 0 Å². The molecular weight excluding hydrogens is 358 g/mol. The first-order valence-corrected chi connectivity index (χ1v) is 8.79. The van der Waals surface area contributed by atoms with E-state index in [-0.39, 0.29) is 23.7 Å². The summed E-state index contributed by atoms with van der Waals surface area (Å²) in [5, 5.41) is 21.4.